The van der Waals surface area contributed by atoms with Gasteiger partial charge >= 0.3 is 0 Å². The van der Waals surface area contributed by atoms with Crippen molar-refractivity contribution in [2.24, 2.45) is 0 Å². The Morgan fingerprint density at radius 1 is 0.933 bits per heavy atom. The van der Waals surface area contributed by atoms with Crippen LogP contribution in [-0.2, 0) is 14.8 Å². The fourth-order valence-electron chi connectivity index (χ4n) is 2.58. The zero-order valence-corrected chi connectivity index (χ0v) is 18.0. The van der Waals surface area contributed by atoms with Crippen molar-refractivity contribution in [1.29, 1.82) is 0 Å². The van der Waals surface area contributed by atoms with Gasteiger partial charge in [-0.05, 0) is 62.4 Å². The van der Waals surface area contributed by atoms with Crippen molar-refractivity contribution in [2.45, 2.75) is 24.8 Å². The molecule has 0 unspecified atom stereocenters. The van der Waals surface area contributed by atoms with E-state index in [0.29, 0.717) is 22.1 Å². The first-order valence-corrected chi connectivity index (χ1v) is 11.0. The number of ether oxygens (including phenoxy) is 1. The number of carbonyl (C=O) groups excluding carboxylic acids is 1. The lowest BCUT2D eigenvalue weighted by molar-refractivity contribution is -0.122. The van der Waals surface area contributed by atoms with Gasteiger partial charge in [-0.25, -0.2) is 8.42 Å². The summed E-state index contributed by atoms with van der Waals surface area (Å²) >= 11 is 6.04. The van der Waals surface area contributed by atoms with Crippen LogP contribution in [0.15, 0.2) is 77.7 Å². The van der Waals surface area contributed by atoms with E-state index in [1.54, 1.807) is 43.3 Å². The van der Waals surface area contributed by atoms with Gasteiger partial charge in [0.2, 0.25) is 0 Å². The molecule has 0 aliphatic carbocycles. The van der Waals surface area contributed by atoms with E-state index in [4.69, 9.17) is 16.3 Å². The number of nitrogens with one attached hydrogen (secondary N) is 2. The Kier molecular flexibility index (Phi) is 6.64. The van der Waals surface area contributed by atoms with Crippen molar-refractivity contribution in [3.8, 4) is 5.75 Å². The number of amides is 1. The van der Waals surface area contributed by atoms with Gasteiger partial charge in [-0.2, -0.15) is 0 Å². The zero-order chi connectivity index (χ0) is 21.7. The molecule has 0 heterocycles. The van der Waals surface area contributed by atoms with E-state index in [2.05, 4.69) is 10.0 Å². The van der Waals surface area contributed by atoms with Gasteiger partial charge in [0.1, 0.15) is 5.75 Å². The minimum atomic E-state index is -3.74. The first kappa shape index (κ1) is 21.7. The standard InChI is InChI=1S/C22H21ClN2O4S/c1-15-7-9-18(10-8-15)25-30(27,28)19-13-11-17(12-14-19)24-22(26)16(2)29-21-6-4-3-5-20(21)23/h3-14,16,25H,1-2H3,(H,24,26)/t16-/m1/s1. The highest BCUT2D eigenvalue weighted by molar-refractivity contribution is 7.92. The summed E-state index contributed by atoms with van der Waals surface area (Å²) < 4.78 is 33.2. The lowest BCUT2D eigenvalue weighted by atomic mass is 10.2. The minimum absolute atomic E-state index is 0.0847. The summed E-state index contributed by atoms with van der Waals surface area (Å²) in [5.41, 5.74) is 1.96. The molecule has 0 fully saturated rings. The quantitative estimate of drug-likeness (QED) is 0.545. The van der Waals surface area contributed by atoms with Gasteiger partial charge in [-0.1, -0.05) is 41.4 Å². The van der Waals surface area contributed by atoms with Crippen LogP contribution < -0.4 is 14.8 Å². The lowest BCUT2D eigenvalue weighted by Gasteiger charge is -2.16. The number of anilines is 2. The molecule has 0 aromatic heterocycles. The molecule has 3 rings (SSSR count). The van der Waals surface area contributed by atoms with E-state index in [9.17, 15) is 13.2 Å². The molecule has 0 spiro atoms. The average Bonchev–Trinajstić information content (AvgIpc) is 2.71. The number of rotatable bonds is 7. The number of carbonyl (C=O) groups is 1. The van der Waals surface area contributed by atoms with Gasteiger partial charge in [0.05, 0.1) is 9.92 Å². The maximum absolute atomic E-state index is 12.5. The number of hydrogen-bond donors (Lipinski definition) is 2. The highest BCUT2D eigenvalue weighted by Crippen LogP contribution is 2.24. The molecule has 1 atom stereocenters. The predicted octanol–water partition coefficient (Wildman–Crippen LogP) is 4.86. The molecule has 156 valence electrons. The molecule has 0 radical (unpaired) electrons. The van der Waals surface area contributed by atoms with E-state index in [-0.39, 0.29) is 10.8 Å². The van der Waals surface area contributed by atoms with Crippen LogP contribution in [0.3, 0.4) is 0 Å². The lowest BCUT2D eigenvalue weighted by Crippen LogP contribution is -2.30. The monoisotopic (exact) mass is 444 g/mol. The molecule has 0 aliphatic heterocycles. The van der Waals surface area contributed by atoms with E-state index >= 15 is 0 Å². The Labute approximate surface area is 180 Å². The summed E-state index contributed by atoms with van der Waals surface area (Å²) in [6, 6.07) is 19.8. The fourth-order valence-corrected chi connectivity index (χ4v) is 3.82. The van der Waals surface area contributed by atoms with Crippen molar-refractivity contribution < 1.29 is 17.9 Å². The highest BCUT2D eigenvalue weighted by atomic mass is 35.5. The SMILES string of the molecule is Cc1ccc(NS(=O)(=O)c2ccc(NC(=O)[C@@H](C)Oc3ccccc3Cl)cc2)cc1. The second-order valence-corrected chi connectivity index (χ2v) is 8.77. The third-order valence-corrected chi connectivity index (χ3v) is 5.96. The largest absolute Gasteiger partial charge is 0.479 e. The maximum atomic E-state index is 12.5. The Hall–Kier alpha value is -3.03. The van der Waals surface area contributed by atoms with Crippen LogP contribution >= 0.6 is 11.6 Å². The maximum Gasteiger partial charge on any atom is 0.265 e. The number of sulfonamides is 1. The van der Waals surface area contributed by atoms with Crippen molar-refractivity contribution in [1.82, 2.24) is 0 Å². The molecule has 30 heavy (non-hydrogen) atoms. The number of halogens is 1. The van der Waals surface area contributed by atoms with Gasteiger partial charge in [-0.3, -0.25) is 9.52 Å². The molecule has 3 aromatic rings. The molecule has 1 amide bonds. The number of hydrogen-bond acceptors (Lipinski definition) is 4. The molecule has 0 saturated carbocycles. The van der Waals surface area contributed by atoms with Crippen molar-refractivity contribution in [3.05, 3.63) is 83.4 Å². The van der Waals surface area contributed by atoms with Crippen LogP contribution in [0.25, 0.3) is 0 Å². The number of para-hydroxylation sites is 1. The third kappa shape index (κ3) is 5.52. The summed E-state index contributed by atoms with van der Waals surface area (Å²) in [5, 5.41) is 3.10. The van der Waals surface area contributed by atoms with E-state index in [1.807, 2.05) is 19.1 Å². The Balaban J connectivity index is 1.64. The topological polar surface area (TPSA) is 84.5 Å². The Bertz CT molecular complexity index is 1130. The van der Waals surface area contributed by atoms with Gasteiger partial charge in [0.25, 0.3) is 15.9 Å². The zero-order valence-electron chi connectivity index (χ0n) is 16.4. The molecule has 8 heteroatoms. The summed E-state index contributed by atoms with van der Waals surface area (Å²) in [6.07, 6.45) is -0.795. The predicted molar refractivity (Wildman–Crippen MR) is 119 cm³/mol. The molecular formula is C22H21ClN2O4S. The van der Waals surface area contributed by atoms with Crippen molar-refractivity contribution in [3.63, 3.8) is 0 Å². The van der Waals surface area contributed by atoms with Crippen LogP contribution in [-0.4, -0.2) is 20.4 Å². The third-order valence-electron chi connectivity index (χ3n) is 4.25. The molecule has 2 N–H and O–H groups in total. The molecule has 3 aromatic carbocycles. The van der Waals surface area contributed by atoms with E-state index < -0.39 is 16.1 Å². The van der Waals surface area contributed by atoms with Crippen molar-refractivity contribution >= 4 is 38.9 Å². The first-order valence-electron chi connectivity index (χ1n) is 9.16. The second-order valence-electron chi connectivity index (χ2n) is 6.68. The Morgan fingerprint density at radius 2 is 1.53 bits per heavy atom. The van der Waals surface area contributed by atoms with Gasteiger partial charge in [0.15, 0.2) is 6.10 Å². The molecule has 6 nitrogen and oxygen atoms in total. The molecular weight excluding hydrogens is 424 g/mol. The van der Waals surface area contributed by atoms with Crippen LogP contribution in [0.5, 0.6) is 5.75 Å². The Morgan fingerprint density at radius 3 is 2.17 bits per heavy atom. The van der Waals surface area contributed by atoms with Crippen LogP contribution in [0.2, 0.25) is 5.02 Å². The molecule has 0 bridgehead atoms. The van der Waals surface area contributed by atoms with Crippen molar-refractivity contribution in [2.75, 3.05) is 10.0 Å². The normalized spacial score (nSPS) is 12.1. The first-order chi connectivity index (χ1) is 14.2. The average molecular weight is 445 g/mol. The van der Waals surface area contributed by atoms with Gasteiger partial charge in [0, 0.05) is 11.4 Å². The number of benzene rings is 3. The smallest absolute Gasteiger partial charge is 0.265 e. The van der Waals surface area contributed by atoms with E-state index in [1.165, 1.54) is 24.3 Å². The second kappa shape index (κ2) is 9.19. The van der Waals surface area contributed by atoms with Gasteiger partial charge < -0.3 is 10.1 Å². The fraction of sp³-hybridized carbons (Fsp3) is 0.136. The van der Waals surface area contributed by atoms with Crippen LogP contribution in [0.1, 0.15) is 12.5 Å². The highest BCUT2D eigenvalue weighted by Gasteiger charge is 2.18. The van der Waals surface area contributed by atoms with Gasteiger partial charge in [-0.15, -0.1) is 0 Å². The summed E-state index contributed by atoms with van der Waals surface area (Å²) in [4.78, 5) is 12.5. The molecule has 0 saturated heterocycles. The summed E-state index contributed by atoms with van der Waals surface area (Å²) in [7, 11) is -3.74. The number of aryl methyl sites for hydroxylation is 1. The molecule has 0 aliphatic rings. The van der Waals surface area contributed by atoms with E-state index in [0.717, 1.165) is 5.56 Å². The summed E-state index contributed by atoms with van der Waals surface area (Å²) in [5.74, 6) is 0.0220. The summed E-state index contributed by atoms with van der Waals surface area (Å²) in [6.45, 7) is 3.52. The van der Waals surface area contributed by atoms with Crippen LogP contribution in [0.4, 0.5) is 11.4 Å². The van der Waals surface area contributed by atoms with Crippen LogP contribution in [0, 0.1) is 6.92 Å². The minimum Gasteiger partial charge on any atom is -0.479 e.